The summed E-state index contributed by atoms with van der Waals surface area (Å²) in [6.45, 7) is 6.86. The highest BCUT2D eigenvalue weighted by Gasteiger charge is 2.42. The molecule has 1 heterocycles. The van der Waals surface area contributed by atoms with Gasteiger partial charge in [-0.05, 0) is 25.2 Å². The van der Waals surface area contributed by atoms with Crippen LogP contribution in [0, 0.1) is 5.92 Å². The molecule has 0 amide bonds. The minimum Gasteiger partial charge on any atom is -0.369 e. The van der Waals surface area contributed by atoms with Crippen LogP contribution in [-0.4, -0.2) is 12.2 Å². The Kier molecular flexibility index (Phi) is 7.11. The van der Waals surface area contributed by atoms with Crippen LogP contribution >= 0.6 is 0 Å². The van der Waals surface area contributed by atoms with Crippen molar-refractivity contribution in [3.8, 4) is 0 Å². The van der Waals surface area contributed by atoms with E-state index in [9.17, 15) is 0 Å². The monoisotopic (exact) mass is 226 g/mol. The van der Waals surface area contributed by atoms with E-state index in [2.05, 4.69) is 20.8 Å². The molecule has 1 aliphatic rings. The number of unbranched alkanes of at least 4 members (excludes halogenated alkanes) is 3. The first-order valence-electron chi connectivity index (χ1n) is 7.48. The molecule has 1 fully saturated rings. The van der Waals surface area contributed by atoms with Gasteiger partial charge in [-0.15, -0.1) is 0 Å². The normalized spacial score (nSPS) is 24.0. The molecule has 0 aliphatic carbocycles. The van der Waals surface area contributed by atoms with Crippen LogP contribution in [0.1, 0.15) is 78.6 Å². The van der Waals surface area contributed by atoms with Crippen LogP contribution in [0.25, 0.3) is 0 Å². The maximum Gasteiger partial charge on any atom is 0.0869 e. The van der Waals surface area contributed by atoms with E-state index < -0.39 is 0 Å². The van der Waals surface area contributed by atoms with Gasteiger partial charge in [-0.3, -0.25) is 0 Å². The zero-order valence-electron chi connectivity index (χ0n) is 11.5. The van der Waals surface area contributed by atoms with Crippen LogP contribution in [0.3, 0.4) is 0 Å². The second-order valence-corrected chi connectivity index (χ2v) is 5.33. The summed E-state index contributed by atoms with van der Waals surface area (Å²) in [4.78, 5) is 0. The summed E-state index contributed by atoms with van der Waals surface area (Å²) in [6.07, 6.45) is 13.4. The fraction of sp³-hybridized carbons (Fsp3) is 1.00. The van der Waals surface area contributed by atoms with E-state index in [-0.39, 0.29) is 0 Å². The molecule has 2 atom stereocenters. The first kappa shape index (κ1) is 14.0. The van der Waals surface area contributed by atoms with Crippen molar-refractivity contribution in [3.05, 3.63) is 0 Å². The maximum absolute atomic E-state index is 5.86. The lowest BCUT2D eigenvalue weighted by Gasteiger charge is -2.11. The molecule has 0 saturated carbocycles. The van der Waals surface area contributed by atoms with E-state index in [4.69, 9.17) is 4.74 Å². The third-order valence-electron chi connectivity index (χ3n) is 3.75. The Bertz CT molecular complexity index is 161. The van der Waals surface area contributed by atoms with E-state index in [0.29, 0.717) is 12.2 Å². The molecule has 0 N–H and O–H groups in total. The molecule has 2 unspecified atom stereocenters. The predicted octanol–water partition coefficient (Wildman–Crippen LogP) is 4.94. The van der Waals surface area contributed by atoms with Crippen molar-refractivity contribution in [2.45, 2.75) is 90.8 Å². The van der Waals surface area contributed by atoms with Gasteiger partial charge in [0.2, 0.25) is 0 Å². The molecular formula is C15H30O. The summed E-state index contributed by atoms with van der Waals surface area (Å²) in [5, 5.41) is 0. The van der Waals surface area contributed by atoms with Gasteiger partial charge in [0.1, 0.15) is 0 Å². The fourth-order valence-corrected chi connectivity index (χ4v) is 2.79. The highest BCUT2D eigenvalue weighted by Crippen LogP contribution is 2.37. The van der Waals surface area contributed by atoms with Crippen molar-refractivity contribution in [2.24, 2.45) is 5.92 Å². The average molecular weight is 226 g/mol. The van der Waals surface area contributed by atoms with Crippen LogP contribution in [-0.2, 0) is 4.74 Å². The minimum absolute atomic E-state index is 0.625. The van der Waals surface area contributed by atoms with Crippen molar-refractivity contribution in [1.82, 2.24) is 0 Å². The topological polar surface area (TPSA) is 12.5 Å². The summed E-state index contributed by atoms with van der Waals surface area (Å²) in [6, 6.07) is 0. The molecule has 1 nitrogen and oxygen atoms in total. The zero-order valence-corrected chi connectivity index (χ0v) is 11.5. The number of ether oxygens (including phenoxy) is 1. The van der Waals surface area contributed by atoms with Crippen molar-refractivity contribution in [3.63, 3.8) is 0 Å². The lowest BCUT2D eigenvalue weighted by molar-refractivity contribution is 0.288. The van der Waals surface area contributed by atoms with Gasteiger partial charge in [-0.25, -0.2) is 0 Å². The lowest BCUT2D eigenvalue weighted by Crippen LogP contribution is -2.10. The highest BCUT2D eigenvalue weighted by atomic mass is 16.6. The van der Waals surface area contributed by atoms with Gasteiger partial charge in [0.25, 0.3) is 0 Å². The van der Waals surface area contributed by atoms with Gasteiger partial charge in [-0.2, -0.15) is 0 Å². The first-order chi connectivity index (χ1) is 7.83. The van der Waals surface area contributed by atoms with Crippen LogP contribution in [0.5, 0.6) is 0 Å². The molecule has 1 aliphatic heterocycles. The predicted molar refractivity (Wildman–Crippen MR) is 70.7 cm³/mol. The third kappa shape index (κ3) is 4.86. The smallest absolute Gasteiger partial charge is 0.0869 e. The minimum atomic E-state index is 0.625. The van der Waals surface area contributed by atoms with Gasteiger partial charge < -0.3 is 4.74 Å². The highest BCUT2D eigenvalue weighted by molar-refractivity contribution is 4.90. The quantitative estimate of drug-likeness (QED) is 0.379. The summed E-state index contributed by atoms with van der Waals surface area (Å²) in [7, 11) is 0. The summed E-state index contributed by atoms with van der Waals surface area (Å²) >= 11 is 0. The Hall–Kier alpha value is -0.0400. The van der Waals surface area contributed by atoms with Crippen LogP contribution < -0.4 is 0 Å². The summed E-state index contributed by atoms with van der Waals surface area (Å²) in [5.41, 5.74) is 0. The summed E-state index contributed by atoms with van der Waals surface area (Å²) in [5.74, 6) is 0.853. The van der Waals surface area contributed by atoms with Crippen LogP contribution in [0.4, 0.5) is 0 Å². The molecule has 0 radical (unpaired) electrons. The standard InChI is InChI=1S/C15H30O/c1-4-7-8-9-12-14-15(16-14)13(10-5-2)11-6-3/h13-15H,4-12H2,1-3H3. The Morgan fingerprint density at radius 3 is 2.12 bits per heavy atom. The Morgan fingerprint density at radius 2 is 1.56 bits per heavy atom. The third-order valence-corrected chi connectivity index (χ3v) is 3.75. The number of hydrogen-bond acceptors (Lipinski definition) is 1. The Balaban J connectivity index is 2.10. The van der Waals surface area contributed by atoms with Gasteiger partial charge in [0.05, 0.1) is 12.2 Å². The van der Waals surface area contributed by atoms with Crippen molar-refractivity contribution < 1.29 is 4.74 Å². The number of epoxide rings is 1. The molecule has 0 aromatic carbocycles. The van der Waals surface area contributed by atoms with E-state index >= 15 is 0 Å². The van der Waals surface area contributed by atoms with E-state index in [1.165, 1.54) is 57.8 Å². The van der Waals surface area contributed by atoms with Gasteiger partial charge in [0, 0.05) is 0 Å². The molecule has 0 aromatic heterocycles. The molecule has 1 heteroatoms. The molecule has 16 heavy (non-hydrogen) atoms. The Morgan fingerprint density at radius 1 is 0.875 bits per heavy atom. The van der Waals surface area contributed by atoms with Crippen LogP contribution in [0.2, 0.25) is 0 Å². The molecule has 0 aromatic rings. The van der Waals surface area contributed by atoms with Gasteiger partial charge in [0.15, 0.2) is 0 Å². The van der Waals surface area contributed by atoms with Gasteiger partial charge in [-0.1, -0.05) is 59.3 Å². The lowest BCUT2D eigenvalue weighted by atomic mass is 9.92. The van der Waals surface area contributed by atoms with E-state index in [1.807, 2.05) is 0 Å². The van der Waals surface area contributed by atoms with E-state index in [1.54, 1.807) is 0 Å². The van der Waals surface area contributed by atoms with Crippen LogP contribution in [0.15, 0.2) is 0 Å². The van der Waals surface area contributed by atoms with Crippen molar-refractivity contribution >= 4 is 0 Å². The molecule has 1 saturated heterocycles. The maximum atomic E-state index is 5.86. The molecular weight excluding hydrogens is 196 g/mol. The largest absolute Gasteiger partial charge is 0.369 e. The molecule has 0 spiro atoms. The second kappa shape index (κ2) is 8.11. The molecule has 96 valence electrons. The van der Waals surface area contributed by atoms with Crippen molar-refractivity contribution in [2.75, 3.05) is 0 Å². The Labute approximate surface area is 102 Å². The second-order valence-electron chi connectivity index (χ2n) is 5.33. The number of hydrogen-bond donors (Lipinski definition) is 0. The number of rotatable bonds is 10. The zero-order chi connectivity index (χ0) is 11.8. The summed E-state index contributed by atoms with van der Waals surface area (Å²) < 4.78 is 5.86. The van der Waals surface area contributed by atoms with E-state index in [0.717, 1.165) is 5.92 Å². The van der Waals surface area contributed by atoms with Crippen molar-refractivity contribution in [1.29, 1.82) is 0 Å². The molecule has 1 rings (SSSR count). The molecule has 0 bridgehead atoms. The van der Waals surface area contributed by atoms with Gasteiger partial charge >= 0.3 is 0 Å². The SMILES string of the molecule is CCCCCCC1OC1C(CCC)CCC. The average Bonchev–Trinajstić information content (AvgIpc) is 3.04. The fourth-order valence-electron chi connectivity index (χ4n) is 2.79. The first-order valence-corrected chi connectivity index (χ1v) is 7.48.